The minimum atomic E-state index is -0.160. The van der Waals surface area contributed by atoms with Gasteiger partial charge in [-0.25, -0.2) is 4.68 Å². The van der Waals surface area contributed by atoms with E-state index in [4.69, 9.17) is 0 Å². The lowest BCUT2D eigenvalue weighted by Crippen LogP contribution is -2.19. The van der Waals surface area contributed by atoms with Gasteiger partial charge in [-0.1, -0.05) is 18.2 Å². The molecule has 0 fully saturated rings. The summed E-state index contributed by atoms with van der Waals surface area (Å²) in [6, 6.07) is 9.44. The van der Waals surface area contributed by atoms with Gasteiger partial charge >= 0.3 is 0 Å². The molecule has 0 aliphatic rings. The van der Waals surface area contributed by atoms with E-state index in [2.05, 4.69) is 17.4 Å². The Morgan fingerprint density at radius 3 is 2.53 bits per heavy atom. The van der Waals surface area contributed by atoms with Gasteiger partial charge in [0.2, 0.25) is 0 Å². The van der Waals surface area contributed by atoms with Crippen molar-refractivity contribution in [2.75, 3.05) is 0 Å². The number of aromatic nitrogens is 2. The summed E-state index contributed by atoms with van der Waals surface area (Å²) >= 11 is 0. The molecule has 86 valence electrons. The van der Waals surface area contributed by atoms with Crippen LogP contribution in [0.5, 0.6) is 0 Å². The summed E-state index contributed by atoms with van der Waals surface area (Å²) in [5, 5.41) is 0. The number of benzene rings is 1. The third kappa shape index (κ3) is 1.75. The van der Waals surface area contributed by atoms with Gasteiger partial charge in [0.05, 0.1) is 11.4 Å². The molecule has 17 heavy (non-hydrogen) atoms. The maximum atomic E-state index is 12.2. The van der Waals surface area contributed by atoms with Gasteiger partial charge in [0, 0.05) is 7.05 Å². The molecule has 0 bridgehead atoms. The highest BCUT2D eigenvalue weighted by Gasteiger charge is 2.14. The summed E-state index contributed by atoms with van der Waals surface area (Å²) in [7, 11) is 1.83. The van der Waals surface area contributed by atoms with Crippen molar-refractivity contribution in [2.45, 2.75) is 6.92 Å². The first-order valence-corrected chi connectivity index (χ1v) is 5.23. The van der Waals surface area contributed by atoms with E-state index in [0.29, 0.717) is 5.69 Å². The third-order valence-corrected chi connectivity index (χ3v) is 2.71. The van der Waals surface area contributed by atoms with Crippen LogP contribution in [-0.2, 0) is 7.05 Å². The van der Waals surface area contributed by atoms with E-state index < -0.39 is 0 Å². The lowest BCUT2D eigenvalue weighted by molar-refractivity contribution is 0.630. The van der Waals surface area contributed by atoms with Crippen LogP contribution in [0, 0.1) is 6.92 Å². The van der Waals surface area contributed by atoms with E-state index >= 15 is 0 Å². The number of para-hydroxylation sites is 1. The van der Waals surface area contributed by atoms with E-state index in [9.17, 15) is 4.79 Å². The van der Waals surface area contributed by atoms with Crippen LogP contribution in [0.15, 0.2) is 46.7 Å². The summed E-state index contributed by atoms with van der Waals surface area (Å²) in [6.45, 7) is 5.25. The molecular formula is C13H13N3O. The molecular weight excluding hydrogens is 214 g/mol. The predicted octanol–water partition coefficient (Wildman–Crippen LogP) is 1.97. The molecule has 0 N–H and O–H groups in total. The zero-order valence-electron chi connectivity index (χ0n) is 9.84. The molecule has 0 unspecified atom stereocenters. The van der Waals surface area contributed by atoms with Crippen LogP contribution in [0.4, 0.5) is 5.69 Å². The van der Waals surface area contributed by atoms with Crippen LogP contribution in [0.25, 0.3) is 5.69 Å². The lowest BCUT2D eigenvalue weighted by Gasteiger charge is -2.07. The SMILES string of the molecule is C=C=Nc1c(C)n(C)n(-c2ccccc2)c1=O. The van der Waals surface area contributed by atoms with Gasteiger partial charge in [-0.15, -0.1) is 0 Å². The Morgan fingerprint density at radius 1 is 1.29 bits per heavy atom. The van der Waals surface area contributed by atoms with Crippen molar-refractivity contribution >= 4 is 11.6 Å². The van der Waals surface area contributed by atoms with Crippen molar-refractivity contribution < 1.29 is 0 Å². The van der Waals surface area contributed by atoms with Crippen LogP contribution in [-0.4, -0.2) is 15.2 Å². The van der Waals surface area contributed by atoms with Crippen molar-refractivity contribution in [1.82, 2.24) is 9.36 Å². The van der Waals surface area contributed by atoms with Gasteiger partial charge < -0.3 is 0 Å². The van der Waals surface area contributed by atoms with Gasteiger partial charge in [0.1, 0.15) is 0 Å². The standard InChI is InChI=1S/C13H13N3O/c1-4-14-12-10(2)15(3)16(13(12)17)11-8-6-5-7-9-11/h5-9H,1H2,2-3H3. The molecule has 2 rings (SSSR count). The number of aliphatic imine (C=N–C) groups is 1. The average Bonchev–Trinajstić information content (AvgIpc) is 2.55. The Labute approximate surface area is 99.1 Å². The Morgan fingerprint density at radius 2 is 1.94 bits per heavy atom. The maximum Gasteiger partial charge on any atom is 0.298 e. The quantitative estimate of drug-likeness (QED) is 0.723. The smallest absolute Gasteiger partial charge is 0.283 e. The molecule has 4 heteroatoms. The van der Waals surface area contributed by atoms with Crippen LogP contribution < -0.4 is 5.56 Å². The fourth-order valence-electron chi connectivity index (χ4n) is 1.76. The van der Waals surface area contributed by atoms with Gasteiger partial charge in [0.15, 0.2) is 5.69 Å². The molecule has 0 radical (unpaired) electrons. The van der Waals surface area contributed by atoms with E-state index in [1.807, 2.05) is 44.3 Å². The first-order valence-electron chi connectivity index (χ1n) is 5.23. The number of rotatable bonds is 2. The summed E-state index contributed by atoms with van der Waals surface area (Å²) in [4.78, 5) is 16.1. The Kier molecular flexibility index (Phi) is 2.81. The zero-order valence-corrected chi connectivity index (χ0v) is 9.84. The Bertz CT molecular complexity index is 643. The van der Waals surface area contributed by atoms with E-state index in [1.165, 1.54) is 0 Å². The first-order chi connectivity index (χ1) is 8.16. The van der Waals surface area contributed by atoms with Crippen LogP contribution in [0.2, 0.25) is 0 Å². The molecule has 0 saturated carbocycles. The molecule has 0 spiro atoms. The molecule has 2 aromatic rings. The van der Waals surface area contributed by atoms with Crippen molar-refractivity contribution in [1.29, 1.82) is 0 Å². The average molecular weight is 227 g/mol. The highest BCUT2D eigenvalue weighted by molar-refractivity contribution is 5.57. The molecule has 0 amide bonds. The van der Waals surface area contributed by atoms with Crippen molar-refractivity contribution in [2.24, 2.45) is 12.0 Å². The molecule has 0 aliphatic carbocycles. The van der Waals surface area contributed by atoms with Crippen LogP contribution >= 0.6 is 0 Å². The zero-order chi connectivity index (χ0) is 12.4. The van der Waals surface area contributed by atoms with E-state index in [1.54, 1.807) is 9.36 Å². The lowest BCUT2D eigenvalue weighted by atomic mass is 10.3. The summed E-state index contributed by atoms with van der Waals surface area (Å²) in [5.74, 6) is 2.41. The topological polar surface area (TPSA) is 39.3 Å². The fourth-order valence-corrected chi connectivity index (χ4v) is 1.76. The van der Waals surface area contributed by atoms with Crippen LogP contribution in [0.1, 0.15) is 5.69 Å². The van der Waals surface area contributed by atoms with E-state index in [-0.39, 0.29) is 5.56 Å². The molecule has 1 heterocycles. The second-order valence-electron chi connectivity index (χ2n) is 3.68. The highest BCUT2D eigenvalue weighted by Crippen LogP contribution is 2.15. The molecule has 1 aromatic carbocycles. The maximum absolute atomic E-state index is 12.2. The highest BCUT2D eigenvalue weighted by atomic mass is 16.1. The second kappa shape index (κ2) is 4.28. The third-order valence-electron chi connectivity index (χ3n) is 2.71. The van der Waals surface area contributed by atoms with Crippen molar-refractivity contribution in [3.8, 4) is 5.69 Å². The molecule has 0 saturated heterocycles. The number of nitrogens with zero attached hydrogens (tertiary/aromatic N) is 3. The minimum absolute atomic E-state index is 0.160. The predicted molar refractivity (Wildman–Crippen MR) is 68.5 cm³/mol. The van der Waals surface area contributed by atoms with Crippen molar-refractivity contribution in [3.05, 3.63) is 53.0 Å². The molecule has 0 atom stereocenters. The van der Waals surface area contributed by atoms with E-state index in [0.717, 1.165) is 11.4 Å². The monoisotopic (exact) mass is 227 g/mol. The normalized spacial score (nSPS) is 10.0. The summed E-state index contributed by atoms with van der Waals surface area (Å²) in [6.07, 6.45) is 0. The molecule has 0 aliphatic heterocycles. The number of hydrogen-bond acceptors (Lipinski definition) is 2. The van der Waals surface area contributed by atoms with Gasteiger partial charge in [-0.2, -0.15) is 4.99 Å². The first kappa shape index (κ1) is 11.2. The Balaban J connectivity index is 2.77. The number of hydrogen-bond donors (Lipinski definition) is 0. The molecule has 1 aromatic heterocycles. The van der Waals surface area contributed by atoms with Gasteiger partial charge in [-0.05, 0) is 31.5 Å². The van der Waals surface area contributed by atoms with Crippen LogP contribution in [0.3, 0.4) is 0 Å². The largest absolute Gasteiger partial charge is 0.298 e. The second-order valence-corrected chi connectivity index (χ2v) is 3.68. The minimum Gasteiger partial charge on any atom is -0.283 e. The van der Waals surface area contributed by atoms with Gasteiger partial charge in [-0.3, -0.25) is 9.48 Å². The van der Waals surface area contributed by atoms with Gasteiger partial charge in [0.25, 0.3) is 5.56 Å². The van der Waals surface area contributed by atoms with Crippen molar-refractivity contribution in [3.63, 3.8) is 0 Å². The Hall–Kier alpha value is -2.32. The summed E-state index contributed by atoms with van der Waals surface area (Å²) < 4.78 is 3.35. The summed E-state index contributed by atoms with van der Waals surface area (Å²) in [5.41, 5.74) is 1.82. The fraction of sp³-hybridized carbons (Fsp3) is 0.154. The molecule has 4 nitrogen and oxygen atoms in total.